The zero-order valence-corrected chi connectivity index (χ0v) is 8.42. The predicted octanol–water partition coefficient (Wildman–Crippen LogP) is 1.65. The van der Waals surface area contributed by atoms with Gasteiger partial charge in [0.25, 0.3) is 0 Å². The van der Waals surface area contributed by atoms with Crippen molar-refractivity contribution >= 4 is 0 Å². The Labute approximate surface area is 87.6 Å². The first kappa shape index (κ1) is 9.86. The number of furan rings is 1. The molecule has 0 saturated heterocycles. The maximum Gasteiger partial charge on any atom is 0.125 e. The van der Waals surface area contributed by atoms with E-state index in [-0.39, 0.29) is 0 Å². The molecular weight excluding hydrogens is 192 g/mol. The Balaban J connectivity index is 2.11. The molecule has 0 aliphatic heterocycles. The molecule has 2 aromatic rings. The molecule has 0 aliphatic rings. The molecule has 1 N–H and O–H groups in total. The van der Waals surface area contributed by atoms with Crippen molar-refractivity contribution in [1.29, 1.82) is 0 Å². The van der Waals surface area contributed by atoms with Gasteiger partial charge in [0, 0.05) is 12.6 Å². The minimum atomic E-state index is -0.607. The van der Waals surface area contributed by atoms with E-state index in [4.69, 9.17) is 4.42 Å². The minimum absolute atomic E-state index is 0.507. The lowest BCUT2D eigenvalue weighted by atomic mass is 10.1. The van der Waals surface area contributed by atoms with Gasteiger partial charge in [0.2, 0.25) is 0 Å². The van der Waals surface area contributed by atoms with E-state index >= 15 is 0 Å². The lowest BCUT2D eigenvalue weighted by molar-refractivity contribution is 0.173. The number of aliphatic hydroxyl groups excluding tert-OH is 1. The third kappa shape index (κ3) is 2.41. The molecule has 2 rings (SSSR count). The summed E-state index contributed by atoms with van der Waals surface area (Å²) in [6, 6.07) is 3.55. The zero-order chi connectivity index (χ0) is 10.7. The molecule has 2 heterocycles. The molecule has 0 bridgehead atoms. The quantitative estimate of drug-likeness (QED) is 0.825. The minimum Gasteiger partial charge on any atom is -0.472 e. The number of aromatic nitrogens is 2. The fourth-order valence-electron chi connectivity index (χ4n) is 1.40. The fraction of sp³-hybridized carbons (Fsp3) is 0.273. The first-order valence-electron chi connectivity index (χ1n) is 4.74. The van der Waals surface area contributed by atoms with Crippen LogP contribution in [-0.4, -0.2) is 15.1 Å². The summed E-state index contributed by atoms with van der Waals surface area (Å²) in [6.07, 6.45) is 4.76. The standard InChI is InChI=1S/C11H12N2O2/c1-8-12-4-2-10(13-8)11(14)6-9-3-5-15-7-9/h2-5,7,11,14H,6H2,1H3. The van der Waals surface area contributed by atoms with Gasteiger partial charge in [0.15, 0.2) is 0 Å². The highest BCUT2D eigenvalue weighted by Crippen LogP contribution is 2.16. The molecular formula is C11H12N2O2. The highest BCUT2D eigenvalue weighted by atomic mass is 16.3. The largest absolute Gasteiger partial charge is 0.472 e. The average molecular weight is 204 g/mol. The van der Waals surface area contributed by atoms with Crippen LogP contribution in [0.25, 0.3) is 0 Å². The Hall–Kier alpha value is -1.68. The Morgan fingerprint density at radius 3 is 3.00 bits per heavy atom. The van der Waals surface area contributed by atoms with Gasteiger partial charge in [-0.15, -0.1) is 0 Å². The van der Waals surface area contributed by atoms with Crippen LogP contribution < -0.4 is 0 Å². The summed E-state index contributed by atoms with van der Waals surface area (Å²) >= 11 is 0. The van der Waals surface area contributed by atoms with Gasteiger partial charge < -0.3 is 9.52 Å². The van der Waals surface area contributed by atoms with Crippen molar-refractivity contribution in [3.05, 3.63) is 47.9 Å². The summed E-state index contributed by atoms with van der Waals surface area (Å²) < 4.78 is 4.93. The van der Waals surface area contributed by atoms with Crippen LogP contribution in [0, 0.1) is 6.92 Å². The third-order valence-corrected chi connectivity index (χ3v) is 2.15. The van der Waals surface area contributed by atoms with Crippen molar-refractivity contribution in [3.8, 4) is 0 Å². The summed E-state index contributed by atoms with van der Waals surface area (Å²) in [5, 5.41) is 9.88. The highest BCUT2D eigenvalue weighted by Gasteiger charge is 2.10. The zero-order valence-electron chi connectivity index (χ0n) is 8.42. The monoisotopic (exact) mass is 204 g/mol. The van der Waals surface area contributed by atoms with Crippen LogP contribution in [0.3, 0.4) is 0 Å². The van der Waals surface area contributed by atoms with Crippen molar-refractivity contribution < 1.29 is 9.52 Å². The summed E-state index contributed by atoms with van der Waals surface area (Å²) in [5.74, 6) is 0.666. The van der Waals surface area contributed by atoms with Gasteiger partial charge in [-0.25, -0.2) is 9.97 Å². The van der Waals surface area contributed by atoms with E-state index in [2.05, 4.69) is 9.97 Å². The van der Waals surface area contributed by atoms with Crippen molar-refractivity contribution in [2.24, 2.45) is 0 Å². The summed E-state index contributed by atoms with van der Waals surface area (Å²) in [6.45, 7) is 1.80. The van der Waals surface area contributed by atoms with Crippen LogP contribution in [0.1, 0.15) is 23.2 Å². The average Bonchev–Trinajstić information content (AvgIpc) is 2.70. The number of nitrogens with zero attached hydrogens (tertiary/aromatic N) is 2. The second-order valence-corrected chi connectivity index (χ2v) is 3.38. The van der Waals surface area contributed by atoms with Crippen molar-refractivity contribution in [3.63, 3.8) is 0 Å². The van der Waals surface area contributed by atoms with Crippen LogP contribution in [0.15, 0.2) is 35.3 Å². The maximum absolute atomic E-state index is 9.88. The van der Waals surface area contributed by atoms with Gasteiger partial charge in [0.05, 0.1) is 18.2 Å². The first-order valence-corrected chi connectivity index (χ1v) is 4.74. The number of hydrogen-bond acceptors (Lipinski definition) is 4. The molecule has 4 nitrogen and oxygen atoms in total. The van der Waals surface area contributed by atoms with Crippen LogP contribution in [0.4, 0.5) is 0 Å². The van der Waals surface area contributed by atoms with Crippen LogP contribution >= 0.6 is 0 Å². The van der Waals surface area contributed by atoms with E-state index in [1.807, 2.05) is 6.07 Å². The van der Waals surface area contributed by atoms with E-state index in [9.17, 15) is 5.11 Å². The van der Waals surface area contributed by atoms with Crippen molar-refractivity contribution in [2.45, 2.75) is 19.4 Å². The highest BCUT2D eigenvalue weighted by molar-refractivity contribution is 5.12. The van der Waals surface area contributed by atoms with Gasteiger partial charge >= 0.3 is 0 Å². The van der Waals surface area contributed by atoms with Gasteiger partial charge in [0.1, 0.15) is 11.9 Å². The second kappa shape index (κ2) is 4.23. The molecule has 0 saturated carbocycles. The Kier molecular flexibility index (Phi) is 2.78. The van der Waals surface area contributed by atoms with Crippen molar-refractivity contribution in [1.82, 2.24) is 9.97 Å². The second-order valence-electron chi connectivity index (χ2n) is 3.38. The summed E-state index contributed by atoms with van der Waals surface area (Å²) in [4.78, 5) is 8.14. The lowest BCUT2D eigenvalue weighted by Gasteiger charge is -2.08. The molecule has 0 amide bonds. The third-order valence-electron chi connectivity index (χ3n) is 2.15. The van der Waals surface area contributed by atoms with Gasteiger partial charge in [-0.05, 0) is 24.6 Å². The van der Waals surface area contributed by atoms with E-state index in [1.54, 1.807) is 31.7 Å². The van der Waals surface area contributed by atoms with Crippen LogP contribution in [-0.2, 0) is 6.42 Å². The predicted molar refractivity (Wildman–Crippen MR) is 54.1 cm³/mol. The van der Waals surface area contributed by atoms with E-state index in [1.165, 1.54) is 0 Å². The van der Waals surface area contributed by atoms with Crippen LogP contribution in [0.5, 0.6) is 0 Å². The number of aryl methyl sites for hydroxylation is 1. The molecule has 2 aromatic heterocycles. The number of aliphatic hydroxyl groups is 1. The summed E-state index contributed by atoms with van der Waals surface area (Å²) in [5.41, 5.74) is 1.60. The van der Waals surface area contributed by atoms with E-state index in [0.29, 0.717) is 17.9 Å². The first-order chi connectivity index (χ1) is 7.25. The molecule has 0 aromatic carbocycles. The molecule has 15 heavy (non-hydrogen) atoms. The van der Waals surface area contributed by atoms with E-state index < -0.39 is 6.10 Å². The molecule has 0 fully saturated rings. The smallest absolute Gasteiger partial charge is 0.125 e. The molecule has 78 valence electrons. The molecule has 1 atom stereocenters. The number of hydrogen-bond donors (Lipinski definition) is 1. The van der Waals surface area contributed by atoms with Gasteiger partial charge in [-0.2, -0.15) is 0 Å². The molecule has 0 radical (unpaired) electrons. The molecule has 0 aliphatic carbocycles. The van der Waals surface area contributed by atoms with Gasteiger partial charge in [-0.1, -0.05) is 0 Å². The number of rotatable bonds is 3. The lowest BCUT2D eigenvalue weighted by Crippen LogP contribution is -2.05. The normalized spacial score (nSPS) is 12.7. The fourth-order valence-corrected chi connectivity index (χ4v) is 1.40. The van der Waals surface area contributed by atoms with Crippen LogP contribution in [0.2, 0.25) is 0 Å². The topological polar surface area (TPSA) is 59.2 Å². The SMILES string of the molecule is Cc1nccc(C(O)Cc2ccoc2)n1. The maximum atomic E-state index is 9.88. The summed E-state index contributed by atoms with van der Waals surface area (Å²) in [7, 11) is 0. The van der Waals surface area contributed by atoms with Crippen molar-refractivity contribution in [2.75, 3.05) is 0 Å². The Morgan fingerprint density at radius 2 is 2.33 bits per heavy atom. The Bertz CT molecular complexity index is 426. The van der Waals surface area contributed by atoms with Gasteiger partial charge in [-0.3, -0.25) is 0 Å². The molecule has 0 spiro atoms. The molecule has 1 unspecified atom stereocenters. The Morgan fingerprint density at radius 1 is 1.47 bits per heavy atom. The molecule has 4 heteroatoms. The van der Waals surface area contributed by atoms with E-state index in [0.717, 1.165) is 5.56 Å².